The monoisotopic (exact) mass is 300 g/mol. The van der Waals surface area contributed by atoms with E-state index in [1.54, 1.807) is 24.3 Å². The van der Waals surface area contributed by atoms with Gasteiger partial charge in [0.1, 0.15) is 5.82 Å². The second-order valence-corrected chi connectivity index (χ2v) is 4.96. The highest BCUT2D eigenvalue weighted by Crippen LogP contribution is 2.22. The summed E-state index contributed by atoms with van der Waals surface area (Å²) >= 11 is 0. The lowest BCUT2D eigenvalue weighted by molar-refractivity contribution is 0.0690. The number of nitrogen functional groups attached to an aromatic ring is 1. The number of carboxylic acids is 1. The summed E-state index contributed by atoms with van der Waals surface area (Å²) in [5.41, 5.74) is 7.01. The molecule has 2 aromatic rings. The van der Waals surface area contributed by atoms with E-state index in [0.29, 0.717) is 43.6 Å². The van der Waals surface area contributed by atoms with Crippen LogP contribution in [-0.2, 0) is 4.74 Å². The predicted molar refractivity (Wildman–Crippen MR) is 81.9 cm³/mol. The average Bonchev–Trinajstić information content (AvgIpc) is 2.56. The van der Waals surface area contributed by atoms with E-state index in [9.17, 15) is 9.90 Å². The summed E-state index contributed by atoms with van der Waals surface area (Å²) in [6.07, 6.45) is 0. The molecule has 7 nitrogen and oxygen atoms in total. The van der Waals surface area contributed by atoms with Gasteiger partial charge in [0.15, 0.2) is 11.5 Å². The number of hydrogen-bond acceptors (Lipinski definition) is 6. The smallest absolute Gasteiger partial charge is 0.354 e. The van der Waals surface area contributed by atoms with E-state index >= 15 is 0 Å². The first-order valence-electron chi connectivity index (χ1n) is 6.94. The number of nitrogens with zero attached hydrogens (tertiary/aromatic N) is 3. The average molecular weight is 300 g/mol. The van der Waals surface area contributed by atoms with Crippen molar-refractivity contribution >= 4 is 17.5 Å². The Bertz CT molecular complexity index is 682. The van der Waals surface area contributed by atoms with Crippen LogP contribution in [0.1, 0.15) is 10.5 Å². The zero-order valence-electron chi connectivity index (χ0n) is 11.9. The molecule has 1 aromatic carbocycles. The summed E-state index contributed by atoms with van der Waals surface area (Å²) in [5, 5.41) is 9.27. The van der Waals surface area contributed by atoms with Crippen LogP contribution in [0.25, 0.3) is 11.4 Å². The van der Waals surface area contributed by atoms with Gasteiger partial charge in [-0.3, -0.25) is 0 Å². The molecule has 0 radical (unpaired) electrons. The van der Waals surface area contributed by atoms with Gasteiger partial charge in [-0.25, -0.2) is 14.8 Å². The summed E-state index contributed by atoms with van der Waals surface area (Å²) in [5.74, 6) is -0.0995. The van der Waals surface area contributed by atoms with E-state index < -0.39 is 5.97 Å². The number of aromatic carboxylic acids is 1. The van der Waals surface area contributed by atoms with Crippen molar-refractivity contribution in [2.45, 2.75) is 0 Å². The molecule has 1 aromatic heterocycles. The molecule has 1 fully saturated rings. The first kappa shape index (κ1) is 14.3. The highest BCUT2D eigenvalue weighted by atomic mass is 16.5. The molecule has 7 heteroatoms. The molecule has 0 aliphatic carbocycles. The summed E-state index contributed by atoms with van der Waals surface area (Å²) in [7, 11) is 0. The Labute approximate surface area is 127 Å². The van der Waals surface area contributed by atoms with Gasteiger partial charge >= 0.3 is 5.97 Å². The molecule has 22 heavy (non-hydrogen) atoms. The SMILES string of the molecule is Nc1ccc(-c2nc(C(=O)O)cc(N3CCOCC3)n2)cc1. The van der Waals surface area contributed by atoms with E-state index in [0.717, 1.165) is 5.56 Å². The van der Waals surface area contributed by atoms with Gasteiger partial charge in [-0.1, -0.05) is 0 Å². The van der Waals surface area contributed by atoms with Crippen LogP contribution >= 0.6 is 0 Å². The van der Waals surface area contributed by atoms with Gasteiger partial charge in [0, 0.05) is 30.4 Å². The minimum Gasteiger partial charge on any atom is -0.477 e. The van der Waals surface area contributed by atoms with Crippen LogP contribution in [0, 0.1) is 0 Å². The third kappa shape index (κ3) is 2.99. The number of ether oxygens (including phenoxy) is 1. The van der Waals surface area contributed by atoms with Gasteiger partial charge < -0.3 is 20.5 Å². The van der Waals surface area contributed by atoms with Crippen molar-refractivity contribution in [2.75, 3.05) is 36.9 Å². The highest BCUT2D eigenvalue weighted by Gasteiger charge is 2.18. The summed E-state index contributed by atoms with van der Waals surface area (Å²) in [6.45, 7) is 2.56. The predicted octanol–water partition coefficient (Wildman–Crippen LogP) is 1.26. The van der Waals surface area contributed by atoms with Crippen molar-refractivity contribution in [3.8, 4) is 11.4 Å². The van der Waals surface area contributed by atoms with E-state index in [1.807, 2.05) is 4.90 Å². The lowest BCUT2D eigenvalue weighted by atomic mass is 10.2. The molecule has 0 spiro atoms. The Kier molecular flexibility index (Phi) is 3.88. The fraction of sp³-hybridized carbons (Fsp3) is 0.267. The van der Waals surface area contributed by atoms with Gasteiger partial charge in [-0.15, -0.1) is 0 Å². The number of carboxylic acid groups (broad SMARTS) is 1. The first-order chi connectivity index (χ1) is 10.6. The van der Waals surface area contributed by atoms with Gasteiger partial charge in [0.25, 0.3) is 0 Å². The molecule has 0 amide bonds. The molecule has 1 aliphatic heterocycles. The fourth-order valence-electron chi connectivity index (χ4n) is 2.26. The molecule has 1 saturated heterocycles. The fourth-order valence-corrected chi connectivity index (χ4v) is 2.26. The van der Waals surface area contributed by atoms with Crippen LogP contribution in [-0.4, -0.2) is 47.3 Å². The molecule has 0 bridgehead atoms. The molecule has 0 atom stereocenters. The third-order valence-corrected chi connectivity index (χ3v) is 3.44. The zero-order chi connectivity index (χ0) is 15.5. The topological polar surface area (TPSA) is 102 Å². The standard InChI is InChI=1S/C15H16N4O3/c16-11-3-1-10(2-4-11)14-17-12(15(20)21)9-13(18-14)19-5-7-22-8-6-19/h1-4,9H,5-8,16H2,(H,20,21). The maximum absolute atomic E-state index is 11.3. The van der Waals surface area contributed by atoms with Gasteiger partial charge in [-0.05, 0) is 24.3 Å². The van der Waals surface area contributed by atoms with Crippen LogP contribution in [0.5, 0.6) is 0 Å². The Morgan fingerprint density at radius 2 is 1.86 bits per heavy atom. The van der Waals surface area contributed by atoms with Crippen molar-refractivity contribution in [3.05, 3.63) is 36.0 Å². The normalized spacial score (nSPS) is 14.8. The second-order valence-electron chi connectivity index (χ2n) is 4.96. The number of carbonyl (C=O) groups is 1. The van der Waals surface area contributed by atoms with E-state index in [1.165, 1.54) is 6.07 Å². The number of rotatable bonds is 3. The van der Waals surface area contributed by atoms with Gasteiger partial charge in [0.2, 0.25) is 0 Å². The molecule has 114 valence electrons. The maximum Gasteiger partial charge on any atom is 0.354 e. The van der Waals surface area contributed by atoms with Gasteiger partial charge in [-0.2, -0.15) is 0 Å². The van der Waals surface area contributed by atoms with E-state index in [2.05, 4.69) is 9.97 Å². The van der Waals surface area contributed by atoms with E-state index in [-0.39, 0.29) is 5.69 Å². The first-order valence-corrected chi connectivity index (χ1v) is 6.94. The molecule has 2 heterocycles. The number of morpholine rings is 1. The Hall–Kier alpha value is -2.67. The second kappa shape index (κ2) is 5.98. The number of aromatic nitrogens is 2. The van der Waals surface area contributed by atoms with Crippen molar-refractivity contribution in [1.29, 1.82) is 0 Å². The van der Waals surface area contributed by atoms with Crippen LogP contribution in [0.4, 0.5) is 11.5 Å². The molecule has 0 unspecified atom stereocenters. The van der Waals surface area contributed by atoms with Crippen LogP contribution in [0.3, 0.4) is 0 Å². The highest BCUT2D eigenvalue weighted by molar-refractivity contribution is 5.87. The number of benzene rings is 1. The largest absolute Gasteiger partial charge is 0.477 e. The third-order valence-electron chi connectivity index (χ3n) is 3.44. The Morgan fingerprint density at radius 3 is 2.50 bits per heavy atom. The number of hydrogen-bond donors (Lipinski definition) is 2. The number of nitrogens with two attached hydrogens (primary N) is 1. The summed E-state index contributed by atoms with van der Waals surface area (Å²) < 4.78 is 5.31. The van der Waals surface area contributed by atoms with Crippen molar-refractivity contribution in [1.82, 2.24) is 9.97 Å². The Balaban J connectivity index is 2.03. The van der Waals surface area contributed by atoms with Crippen molar-refractivity contribution in [3.63, 3.8) is 0 Å². The van der Waals surface area contributed by atoms with Crippen LogP contribution < -0.4 is 10.6 Å². The molecule has 0 saturated carbocycles. The number of anilines is 2. The minimum atomic E-state index is -1.08. The molecule has 3 rings (SSSR count). The lowest BCUT2D eigenvalue weighted by Crippen LogP contribution is -2.37. The minimum absolute atomic E-state index is 0.0247. The van der Waals surface area contributed by atoms with Crippen molar-refractivity contribution < 1.29 is 14.6 Å². The quantitative estimate of drug-likeness (QED) is 0.823. The van der Waals surface area contributed by atoms with Crippen LogP contribution in [0.2, 0.25) is 0 Å². The van der Waals surface area contributed by atoms with Gasteiger partial charge in [0.05, 0.1) is 13.2 Å². The molecule has 3 N–H and O–H groups in total. The molecular weight excluding hydrogens is 284 g/mol. The Morgan fingerprint density at radius 1 is 1.18 bits per heavy atom. The van der Waals surface area contributed by atoms with Crippen molar-refractivity contribution in [2.24, 2.45) is 0 Å². The maximum atomic E-state index is 11.3. The summed E-state index contributed by atoms with van der Waals surface area (Å²) in [4.78, 5) is 21.9. The zero-order valence-corrected chi connectivity index (χ0v) is 11.9. The molecule has 1 aliphatic rings. The summed E-state index contributed by atoms with van der Waals surface area (Å²) in [6, 6.07) is 8.52. The van der Waals surface area contributed by atoms with E-state index in [4.69, 9.17) is 10.5 Å². The van der Waals surface area contributed by atoms with Crippen LogP contribution in [0.15, 0.2) is 30.3 Å². The molecular formula is C15H16N4O3. The lowest BCUT2D eigenvalue weighted by Gasteiger charge is -2.28.